The molecule has 0 saturated carbocycles. The molecule has 0 unspecified atom stereocenters. The molecule has 0 aliphatic carbocycles. The van der Waals surface area contributed by atoms with E-state index in [1.54, 1.807) is 36.4 Å². The monoisotopic (exact) mass is 230 g/mol. The fraction of sp³-hybridized carbons (Fsp3) is 0. The number of hydrogen-bond acceptors (Lipinski definition) is 2. The van der Waals surface area contributed by atoms with Crippen molar-refractivity contribution in [2.45, 2.75) is 0 Å². The van der Waals surface area contributed by atoms with Crippen molar-refractivity contribution in [2.75, 3.05) is 0 Å². The van der Waals surface area contributed by atoms with Crippen LogP contribution < -0.4 is 0 Å². The van der Waals surface area contributed by atoms with E-state index in [2.05, 4.69) is 12.6 Å². The van der Waals surface area contributed by atoms with E-state index in [4.69, 9.17) is 0 Å². The third-order valence-electron chi connectivity index (χ3n) is 2.34. The molecule has 3 heteroatoms. The molecule has 1 N–H and O–H groups in total. The quantitative estimate of drug-likeness (QED) is 0.778. The van der Waals surface area contributed by atoms with Crippen molar-refractivity contribution >= 4 is 17.7 Å². The molecule has 2 rings (SSSR count). The molecule has 2 aromatic carbocycles. The Hall–Kier alpha value is -1.74. The zero-order valence-corrected chi connectivity index (χ0v) is 9.32. The van der Waals surface area contributed by atoms with Crippen molar-refractivity contribution in [3.63, 3.8) is 0 Å². The molecule has 16 heavy (non-hydrogen) atoms. The number of carbonyl (C=O) groups excluding carboxylic acids is 1. The largest absolute Gasteiger partial charge is 0.508 e. The highest BCUT2D eigenvalue weighted by atomic mass is 32.1. The van der Waals surface area contributed by atoms with E-state index in [1.807, 2.05) is 12.1 Å². The molecular formula is C13H10O2S. The summed E-state index contributed by atoms with van der Waals surface area (Å²) in [5.41, 5.74) is 2.27. The summed E-state index contributed by atoms with van der Waals surface area (Å²) in [7, 11) is 0. The minimum Gasteiger partial charge on any atom is -0.508 e. The van der Waals surface area contributed by atoms with E-state index in [0.717, 1.165) is 11.1 Å². The standard InChI is InChI=1S/C13H10O2S/c14-10-7-5-9(6-8-10)11-3-1-2-4-12(11)13(15)16/h1-8,14H,(H,15,16). The summed E-state index contributed by atoms with van der Waals surface area (Å²) in [4.78, 5) is 11.3. The van der Waals surface area contributed by atoms with E-state index in [0.29, 0.717) is 5.56 Å². The Labute approximate surface area is 99.0 Å². The maximum absolute atomic E-state index is 11.3. The van der Waals surface area contributed by atoms with E-state index < -0.39 is 0 Å². The van der Waals surface area contributed by atoms with Gasteiger partial charge in [-0.05, 0) is 29.3 Å². The maximum atomic E-state index is 11.3. The van der Waals surface area contributed by atoms with Crippen LogP contribution in [0.4, 0.5) is 0 Å². The maximum Gasteiger partial charge on any atom is 0.216 e. The van der Waals surface area contributed by atoms with Gasteiger partial charge in [-0.3, -0.25) is 4.79 Å². The Kier molecular flexibility index (Phi) is 2.97. The average Bonchev–Trinajstić information content (AvgIpc) is 2.30. The molecule has 0 atom stereocenters. The molecule has 0 spiro atoms. The molecule has 2 aromatic rings. The number of hydrogen-bond donors (Lipinski definition) is 2. The molecule has 80 valence electrons. The van der Waals surface area contributed by atoms with Crippen molar-refractivity contribution in [3.8, 4) is 16.9 Å². The van der Waals surface area contributed by atoms with Crippen LogP contribution >= 0.6 is 12.6 Å². The molecule has 0 aromatic heterocycles. The lowest BCUT2D eigenvalue weighted by molar-refractivity contribution is 0.109. The van der Waals surface area contributed by atoms with Crippen LogP contribution in [-0.2, 0) is 0 Å². The number of carbonyl (C=O) groups is 1. The van der Waals surface area contributed by atoms with Crippen molar-refractivity contribution < 1.29 is 9.90 Å². The molecule has 0 radical (unpaired) electrons. The van der Waals surface area contributed by atoms with Crippen LogP contribution in [0.3, 0.4) is 0 Å². The first-order valence-electron chi connectivity index (χ1n) is 4.80. The van der Waals surface area contributed by atoms with Crippen molar-refractivity contribution in [1.29, 1.82) is 0 Å². The topological polar surface area (TPSA) is 37.3 Å². The van der Waals surface area contributed by atoms with Crippen molar-refractivity contribution in [2.24, 2.45) is 0 Å². The highest BCUT2D eigenvalue weighted by Gasteiger charge is 2.08. The SMILES string of the molecule is O=C(S)c1ccccc1-c1ccc(O)cc1. The van der Waals surface area contributed by atoms with Gasteiger partial charge in [0.1, 0.15) is 5.75 Å². The molecule has 0 aliphatic heterocycles. The van der Waals surface area contributed by atoms with Crippen LogP contribution in [0, 0.1) is 0 Å². The Morgan fingerprint density at radius 2 is 1.62 bits per heavy atom. The predicted octanol–water partition coefficient (Wildman–Crippen LogP) is 3.13. The summed E-state index contributed by atoms with van der Waals surface area (Å²) in [5.74, 6) is 0.207. The van der Waals surface area contributed by atoms with Crippen LogP contribution in [0.25, 0.3) is 11.1 Å². The van der Waals surface area contributed by atoms with Crippen LogP contribution in [-0.4, -0.2) is 10.2 Å². The third kappa shape index (κ3) is 2.09. The summed E-state index contributed by atoms with van der Waals surface area (Å²) < 4.78 is 0. The first-order valence-corrected chi connectivity index (χ1v) is 5.25. The molecule has 0 heterocycles. The smallest absolute Gasteiger partial charge is 0.216 e. The third-order valence-corrected chi connectivity index (χ3v) is 2.58. The van der Waals surface area contributed by atoms with Crippen LogP contribution in [0.2, 0.25) is 0 Å². The molecule has 2 nitrogen and oxygen atoms in total. The normalized spacial score (nSPS) is 10.1. The second-order valence-corrected chi connectivity index (χ2v) is 3.80. The zero-order valence-electron chi connectivity index (χ0n) is 8.42. The Morgan fingerprint density at radius 3 is 2.25 bits per heavy atom. The van der Waals surface area contributed by atoms with Gasteiger partial charge in [0, 0.05) is 5.56 Å². The van der Waals surface area contributed by atoms with E-state index in [-0.39, 0.29) is 10.9 Å². The molecule has 0 aliphatic rings. The lowest BCUT2D eigenvalue weighted by atomic mass is 10.0. The first kappa shape index (κ1) is 10.8. The van der Waals surface area contributed by atoms with Gasteiger partial charge in [-0.15, -0.1) is 12.6 Å². The van der Waals surface area contributed by atoms with E-state index in [1.165, 1.54) is 0 Å². The van der Waals surface area contributed by atoms with Gasteiger partial charge in [-0.25, -0.2) is 0 Å². The number of rotatable bonds is 2. The summed E-state index contributed by atoms with van der Waals surface area (Å²) >= 11 is 3.84. The number of benzene rings is 2. The van der Waals surface area contributed by atoms with Crippen LogP contribution in [0.5, 0.6) is 5.75 Å². The van der Waals surface area contributed by atoms with Gasteiger partial charge < -0.3 is 5.11 Å². The second kappa shape index (κ2) is 4.41. The first-order chi connectivity index (χ1) is 7.68. The fourth-order valence-electron chi connectivity index (χ4n) is 1.56. The fourth-order valence-corrected chi connectivity index (χ4v) is 1.76. The van der Waals surface area contributed by atoms with Gasteiger partial charge in [0.2, 0.25) is 5.12 Å². The van der Waals surface area contributed by atoms with Gasteiger partial charge in [0.15, 0.2) is 0 Å². The molecular weight excluding hydrogens is 220 g/mol. The predicted molar refractivity (Wildman–Crippen MR) is 66.9 cm³/mol. The zero-order chi connectivity index (χ0) is 11.5. The minimum atomic E-state index is -0.260. The lowest BCUT2D eigenvalue weighted by Crippen LogP contribution is -1.92. The summed E-state index contributed by atoms with van der Waals surface area (Å²) in [6.45, 7) is 0. The lowest BCUT2D eigenvalue weighted by Gasteiger charge is -2.06. The molecule has 0 fully saturated rings. The number of aromatic hydroxyl groups is 1. The van der Waals surface area contributed by atoms with Gasteiger partial charge >= 0.3 is 0 Å². The van der Waals surface area contributed by atoms with Crippen molar-refractivity contribution in [1.82, 2.24) is 0 Å². The Balaban J connectivity index is 2.55. The van der Waals surface area contributed by atoms with Gasteiger partial charge in [-0.1, -0.05) is 30.3 Å². The van der Waals surface area contributed by atoms with E-state index >= 15 is 0 Å². The summed E-state index contributed by atoms with van der Waals surface area (Å²) in [6, 6.07) is 14.0. The van der Waals surface area contributed by atoms with Crippen LogP contribution in [0.1, 0.15) is 10.4 Å². The number of phenolic OH excluding ortho intramolecular Hbond substituents is 1. The summed E-state index contributed by atoms with van der Waals surface area (Å²) in [5, 5.41) is 8.94. The highest BCUT2D eigenvalue weighted by molar-refractivity contribution is 7.97. The minimum absolute atomic E-state index is 0.207. The van der Waals surface area contributed by atoms with Crippen molar-refractivity contribution in [3.05, 3.63) is 54.1 Å². The van der Waals surface area contributed by atoms with E-state index in [9.17, 15) is 9.90 Å². The second-order valence-electron chi connectivity index (χ2n) is 3.40. The number of phenols is 1. The summed E-state index contributed by atoms with van der Waals surface area (Å²) in [6.07, 6.45) is 0. The average molecular weight is 230 g/mol. The number of thiol groups is 1. The molecule has 0 bridgehead atoms. The molecule has 0 amide bonds. The van der Waals surface area contributed by atoms with Gasteiger partial charge in [-0.2, -0.15) is 0 Å². The Morgan fingerprint density at radius 1 is 1.00 bits per heavy atom. The van der Waals surface area contributed by atoms with Gasteiger partial charge in [0.05, 0.1) is 0 Å². The van der Waals surface area contributed by atoms with Crippen LogP contribution in [0.15, 0.2) is 48.5 Å². The Bertz CT molecular complexity index is 518. The molecule has 0 saturated heterocycles. The highest BCUT2D eigenvalue weighted by Crippen LogP contribution is 2.26. The van der Waals surface area contributed by atoms with Gasteiger partial charge in [0.25, 0.3) is 0 Å².